The molecule has 0 unspecified atom stereocenters. The van der Waals surface area contributed by atoms with Crippen LogP contribution in [0.5, 0.6) is 0 Å². The second kappa shape index (κ2) is 8.22. The first-order chi connectivity index (χ1) is 21.9. The van der Waals surface area contributed by atoms with Crippen LogP contribution in [0.25, 0.3) is 80.9 Å². The molecule has 0 radical (unpaired) electrons. The van der Waals surface area contributed by atoms with E-state index in [1.807, 2.05) is 48.5 Å². The zero-order valence-electron chi connectivity index (χ0n) is 26.0. The molecule has 0 saturated carbocycles. The molecule has 0 bridgehead atoms. The quantitative estimate of drug-likeness (QED) is 0.222. The number of thiophene rings is 1. The third-order valence-corrected chi connectivity index (χ3v) is 8.85. The van der Waals surface area contributed by atoms with Crippen LogP contribution in [0.1, 0.15) is 6.85 Å². The van der Waals surface area contributed by atoms with E-state index in [1.54, 1.807) is 0 Å². The van der Waals surface area contributed by atoms with Gasteiger partial charge in [-0.05, 0) is 28.3 Å². The minimum atomic E-state index is -0.434. The largest absolute Gasteiger partial charge is 0.277 e. The summed E-state index contributed by atoms with van der Waals surface area (Å²) in [5.74, 6) is 0.375. The van der Waals surface area contributed by atoms with Gasteiger partial charge in [0.15, 0.2) is 0 Å². The molecule has 3 aromatic heterocycles. The molecule has 0 spiro atoms. The highest BCUT2D eigenvalue weighted by Crippen LogP contribution is 2.42. The first-order valence-corrected chi connectivity index (χ1v) is 13.8. The highest BCUT2D eigenvalue weighted by molar-refractivity contribution is 7.26. The number of hydrogen-bond acceptors (Lipinski definition) is 3. The molecule has 0 N–H and O–H groups in total. The average Bonchev–Trinajstić information content (AvgIpc) is 3.63. The van der Waals surface area contributed by atoms with Crippen molar-refractivity contribution in [2.45, 2.75) is 0 Å². The van der Waals surface area contributed by atoms with Crippen molar-refractivity contribution in [1.29, 1.82) is 0 Å². The monoisotopic (exact) mass is 532 g/mol. The molecule has 6 aromatic carbocycles. The van der Waals surface area contributed by atoms with Gasteiger partial charge in [-0.1, -0.05) is 115 Å². The van der Waals surface area contributed by atoms with Crippen LogP contribution in [-0.4, -0.2) is 14.5 Å². The minimum Gasteiger partial charge on any atom is -0.277 e. The minimum absolute atomic E-state index is 0.0669. The van der Waals surface area contributed by atoms with Crippen molar-refractivity contribution in [1.82, 2.24) is 14.5 Å². The van der Waals surface area contributed by atoms with E-state index in [0.717, 1.165) is 53.4 Å². The predicted octanol–water partition coefficient (Wildman–Crippen LogP) is 9.91. The lowest BCUT2D eigenvalue weighted by atomic mass is 10.0. The van der Waals surface area contributed by atoms with E-state index in [-0.39, 0.29) is 17.6 Å². The van der Waals surface area contributed by atoms with Crippen LogP contribution in [0.2, 0.25) is 0 Å². The van der Waals surface area contributed by atoms with Gasteiger partial charge in [-0.2, -0.15) is 0 Å². The highest BCUT2D eigenvalue weighted by atomic mass is 32.1. The lowest BCUT2D eigenvalue weighted by Crippen LogP contribution is -2.03. The van der Waals surface area contributed by atoms with E-state index in [2.05, 4.69) is 53.1 Å². The summed E-state index contributed by atoms with van der Waals surface area (Å²) in [5.41, 5.74) is 2.94. The molecular weight excluding hydrogens is 506 g/mol. The Kier molecular flexibility index (Phi) is 3.60. The number of rotatable bonds is 2. The lowest BCUT2D eigenvalue weighted by molar-refractivity contribution is 1.02. The van der Waals surface area contributed by atoms with Gasteiger partial charge in [0.1, 0.15) is 0 Å². The van der Waals surface area contributed by atoms with Gasteiger partial charge < -0.3 is 0 Å². The number of aromatic nitrogens is 3. The third-order valence-electron chi connectivity index (χ3n) is 7.69. The lowest BCUT2D eigenvalue weighted by Gasteiger charge is -2.11. The van der Waals surface area contributed by atoms with E-state index < -0.39 is 18.1 Å². The molecule has 9 aromatic rings. The molecule has 0 aliphatic rings. The zero-order chi connectivity index (χ0) is 30.6. The van der Waals surface area contributed by atoms with Gasteiger partial charge in [-0.15, -0.1) is 11.3 Å². The fourth-order valence-electron chi connectivity index (χ4n) is 5.97. The van der Waals surface area contributed by atoms with Gasteiger partial charge in [0.2, 0.25) is 5.95 Å². The van der Waals surface area contributed by atoms with Crippen molar-refractivity contribution in [3.63, 3.8) is 0 Å². The SMILES string of the molecule is [2H]c1c([2H])c([2H])c(-c2nc(-n3c4ccc5ccccc5c4c4ccc5ccccc5c43)nc3c2sc2ccccc23)c([2H])c1[2H]. The van der Waals surface area contributed by atoms with Crippen molar-refractivity contribution in [2.75, 3.05) is 0 Å². The molecule has 0 aliphatic carbocycles. The molecule has 40 heavy (non-hydrogen) atoms. The molecule has 3 nitrogen and oxygen atoms in total. The summed E-state index contributed by atoms with van der Waals surface area (Å²) in [7, 11) is 0. The Morgan fingerprint density at radius 2 is 1.32 bits per heavy atom. The molecule has 0 amide bonds. The first kappa shape index (κ1) is 17.5. The second-order valence-corrected chi connectivity index (χ2v) is 10.9. The molecule has 4 heteroatoms. The van der Waals surface area contributed by atoms with Gasteiger partial charge in [-0.3, -0.25) is 4.57 Å². The highest BCUT2D eigenvalue weighted by Gasteiger charge is 2.21. The fourth-order valence-corrected chi connectivity index (χ4v) is 7.11. The smallest absolute Gasteiger partial charge is 0.235 e. The molecule has 0 fully saturated rings. The van der Waals surface area contributed by atoms with Crippen LogP contribution in [-0.2, 0) is 0 Å². The second-order valence-electron chi connectivity index (χ2n) is 9.85. The zero-order valence-corrected chi connectivity index (χ0v) is 21.8. The Hall–Kier alpha value is -5.06. The Morgan fingerprint density at radius 1 is 0.625 bits per heavy atom. The van der Waals surface area contributed by atoms with E-state index in [9.17, 15) is 0 Å². The molecule has 3 heterocycles. The molecular formula is C36H21N3S. The maximum absolute atomic E-state index is 8.85. The van der Waals surface area contributed by atoms with E-state index in [4.69, 9.17) is 16.8 Å². The normalized spacial score (nSPS) is 13.8. The summed E-state index contributed by atoms with van der Waals surface area (Å²) in [6, 6.07) is 31.2. The Labute approximate surface area is 240 Å². The van der Waals surface area contributed by atoms with Crippen LogP contribution in [0.3, 0.4) is 0 Å². The first-order valence-electron chi connectivity index (χ1n) is 15.5. The van der Waals surface area contributed by atoms with E-state index >= 15 is 0 Å². The maximum atomic E-state index is 8.85. The number of fused-ring (bicyclic) bond motifs is 10. The standard InChI is InChI=1S/C36H21N3S/c1-2-12-24(13-3-1)32-35-33(27-16-8-9-17-30(27)40-35)38-36(37-32)39-29-21-19-22-10-4-6-14-25(22)31(29)28-20-18-23-11-5-7-15-26(23)34(28)39/h1-21H/i1D,2D,3D,12D,13D. The van der Waals surface area contributed by atoms with Crippen molar-refractivity contribution in [3.05, 3.63) is 127 Å². The molecule has 0 saturated heterocycles. The van der Waals surface area contributed by atoms with Gasteiger partial charge in [0.25, 0.3) is 0 Å². The van der Waals surface area contributed by atoms with Gasteiger partial charge in [0, 0.05) is 31.8 Å². The Morgan fingerprint density at radius 3 is 2.17 bits per heavy atom. The maximum Gasteiger partial charge on any atom is 0.235 e. The number of nitrogens with zero attached hydrogens (tertiary/aromatic N) is 3. The summed E-state index contributed by atoms with van der Waals surface area (Å²) in [5, 5.41) is 7.41. The van der Waals surface area contributed by atoms with Crippen LogP contribution >= 0.6 is 11.3 Å². The van der Waals surface area contributed by atoms with Gasteiger partial charge >= 0.3 is 0 Å². The van der Waals surface area contributed by atoms with Crippen LogP contribution in [0.15, 0.2) is 127 Å². The van der Waals surface area contributed by atoms with Crippen LogP contribution in [0.4, 0.5) is 0 Å². The summed E-state index contributed by atoms with van der Waals surface area (Å²) >= 11 is 1.46. The summed E-state index contributed by atoms with van der Waals surface area (Å²) < 4.78 is 46.5. The van der Waals surface area contributed by atoms with E-state index in [1.165, 1.54) is 11.3 Å². The van der Waals surface area contributed by atoms with Crippen LogP contribution < -0.4 is 0 Å². The Bertz CT molecular complexity index is 2700. The van der Waals surface area contributed by atoms with Crippen molar-refractivity contribution >= 4 is 75.0 Å². The molecule has 9 rings (SSSR count). The fraction of sp³-hybridized carbons (Fsp3) is 0. The van der Waals surface area contributed by atoms with Crippen LogP contribution in [0, 0.1) is 0 Å². The van der Waals surface area contributed by atoms with Gasteiger partial charge in [0.05, 0.1) is 33.8 Å². The van der Waals surface area contributed by atoms with Crippen molar-refractivity contribution in [2.24, 2.45) is 0 Å². The van der Waals surface area contributed by atoms with Gasteiger partial charge in [-0.25, -0.2) is 9.97 Å². The molecule has 0 atom stereocenters. The number of hydrogen-bond donors (Lipinski definition) is 0. The summed E-state index contributed by atoms with van der Waals surface area (Å²) in [6.07, 6.45) is 0. The number of benzene rings is 6. The summed E-state index contributed by atoms with van der Waals surface area (Å²) in [6.45, 7) is 0. The molecule has 186 valence electrons. The average molecular weight is 533 g/mol. The van der Waals surface area contributed by atoms with E-state index in [0.29, 0.717) is 21.9 Å². The summed E-state index contributed by atoms with van der Waals surface area (Å²) in [4.78, 5) is 10.3. The van der Waals surface area contributed by atoms with Crippen molar-refractivity contribution < 1.29 is 6.85 Å². The van der Waals surface area contributed by atoms with Crippen molar-refractivity contribution in [3.8, 4) is 17.2 Å². The predicted molar refractivity (Wildman–Crippen MR) is 170 cm³/mol. The Balaban J connectivity index is 1.52. The third kappa shape index (κ3) is 2.99. The molecule has 0 aliphatic heterocycles. The topological polar surface area (TPSA) is 30.7 Å².